The van der Waals surface area contributed by atoms with Gasteiger partial charge in [-0.05, 0) is 0 Å². The molecule has 0 bridgehead atoms. The van der Waals surface area contributed by atoms with E-state index in [4.69, 9.17) is 0 Å². The monoisotopic (exact) mass is 200 g/mol. The third-order valence-electron chi connectivity index (χ3n) is 1.09. The molecule has 0 saturated carbocycles. The van der Waals surface area contributed by atoms with Crippen LogP contribution in [-0.4, -0.2) is 35.1 Å². The van der Waals surface area contributed by atoms with Crippen molar-refractivity contribution in [2.45, 2.75) is 0 Å². The first-order valence-electron chi connectivity index (χ1n) is 2.74. The Balaban J connectivity index is 2.48. The second-order valence-electron chi connectivity index (χ2n) is 1.71. The van der Waals surface area contributed by atoms with Crippen LogP contribution in [0.4, 0.5) is 0 Å². The van der Waals surface area contributed by atoms with Gasteiger partial charge in [-0.25, -0.2) is 0 Å². The average molecular weight is 199 g/mol. The summed E-state index contributed by atoms with van der Waals surface area (Å²) in [7, 11) is 0. The van der Waals surface area contributed by atoms with Gasteiger partial charge in [0.1, 0.15) is 0 Å². The molecule has 0 atom stereocenters. The Hall–Kier alpha value is -0.931. The van der Waals surface area contributed by atoms with Gasteiger partial charge in [0.25, 0.3) is 0 Å². The van der Waals surface area contributed by atoms with Crippen LogP contribution < -0.4 is 0 Å². The van der Waals surface area contributed by atoms with Gasteiger partial charge in [0, 0.05) is 0 Å². The Morgan fingerprint density at radius 1 is 1.50 bits per heavy atom. The summed E-state index contributed by atoms with van der Waals surface area (Å²) in [5.74, 6) is 0.727. The van der Waals surface area contributed by atoms with Gasteiger partial charge in [-0.2, -0.15) is 0 Å². The second-order valence-corrected chi connectivity index (χ2v) is 3.70. The first kappa shape index (κ1) is 5.82. The van der Waals surface area contributed by atoms with Gasteiger partial charge in [0.05, 0.1) is 0 Å². The summed E-state index contributed by atoms with van der Waals surface area (Å²) in [4.78, 5) is 2.12. The molecule has 0 unspecified atom stereocenters. The van der Waals surface area contributed by atoms with E-state index in [1.54, 1.807) is 0 Å². The fourth-order valence-electron chi connectivity index (χ4n) is 0.672. The molecule has 0 radical (unpaired) electrons. The second kappa shape index (κ2) is 2.36. The molecular weight excluding hydrogens is 195 g/mol. The van der Waals surface area contributed by atoms with Crippen molar-refractivity contribution in [3.63, 3.8) is 0 Å². The van der Waals surface area contributed by atoms with E-state index in [1.807, 2.05) is 12.1 Å². The van der Waals surface area contributed by atoms with E-state index in [1.165, 1.54) is 4.44 Å². The molecular formula is C5H4N4Se. The van der Waals surface area contributed by atoms with Crippen LogP contribution >= 0.6 is 0 Å². The molecule has 0 aliphatic carbocycles. The Bertz CT molecular complexity index is 253. The molecule has 0 fully saturated rings. The van der Waals surface area contributed by atoms with Crippen molar-refractivity contribution in [2.24, 2.45) is 0 Å². The molecule has 0 aliphatic heterocycles. The Morgan fingerprint density at radius 3 is 3.10 bits per heavy atom. The van der Waals surface area contributed by atoms with E-state index in [9.17, 15) is 0 Å². The minimum absolute atomic E-state index is 0.407. The van der Waals surface area contributed by atoms with Crippen LogP contribution in [0.2, 0.25) is 0 Å². The van der Waals surface area contributed by atoms with Gasteiger partial charge in [-0.1, -0.05) is 0 Å². The average Bonchev–Trinajstić information content (AvgIpc) is 2.59. The van der Waals surface area contributed by atoms with Crippen LogP contribution in [0.25, 0.3) is 10.3 Å². The van der Waals surface area contributed by atoms with Crippen molar-refractivity contribution in [2.75, 3.05) is 0 Å². The van der Waals surface area contributed by atoms with E-state index in [2.05, 4.69) is 25.6 Å². The number of hydrogen-bond acceptors (Lipinski definition) is 3. The van der Waals surface area contributed by atoms with Crippen LogP contribution in [0.15, 0.2) is 17.1 Å². The Kier molecular flexibility index (Phi) is 1.38. The van der Waals surface area contributed by atoms with Gasteiger partial charge >= 0.3 is 62.5 Å². The molecule has 2 aromatic rings. The van der Waals surface area contributed by atoms with Crippen molar-refractivity contribution >= 4 is 14.5 Å². The molecule has 2 heterocycles. The maximum atomic E-state index is 3.86. The number of rotatable bonds is 1. The van der Waals surface area contributed by atoms with E-state index in [-0.39, 0.29) is 0 Å². The molecule has 0 aliphatic rings. The van der Waals surface area contributed by atoms with Crippen LogP contribution in [-0.2, 0) is 0 Å². The quantitative estimate of drug-likeness (QED) is 0.653. The first-order chi connectivity index (χ1) is 4.97. The number of H-pyrrole nitrogens is 1. The van der Waals surface area contributed by atoms with Gasteiger partial charge in [0.2, 0.25) is 0 Å². The number of hydrogen-bond donors (Lipinski definition) is 1. The normalized spacial score (nSPS) is 10.0. The van der Waals surface area contributed by atoms with Crippen LogP contribution in [0.5, 0.6) is 0 Å². The van der Waals surface area contributed by atoms with Crippen LogP contribution in [0, 0.1) is 0 Å². The molecule has 1 N–H and O–H groups in total. The molecule has 0 amide bonds. The summed E-state index contributed by atoms with van der Waals surface area (Å²) in [6.07, 6.45) is 0. The number of aromatic amines is 1. The molecule has 0 saturated heterocycles. The predicted molar refractivity (Wildman–Crippen MR) is 36.6 cm³/mol. The zero-order chi connectivity index (χ0) is 6.81. The SMILES string of the molecule is c1c[se]c(-c2nn[nH]n2)c1. The van der Waals surface area contributed by atoms with E-state index in [0.717, 1.165) is 5.82 Å². The third kappa shape index (κ3) is 0.894. The van der Waals surface area contributed by atoms with Crippen molar-refractivity contribution in [3.8, 4) is 10.3 Å². The summed E-state index contributed by atoms with van der Waals surface area (Å²) in [6.45, 7) is 0. The topological polar surface area (TPSA) is 54.5 Å². The molecule has 5 heteroatoms. The van der Waals surface area contributed by atoms with Crippen molar-refractivity contribution in [3.05, 3.63) is 17.1 Å². The van der Waals surface area contributed by atoms with E-state index in [0.29, 0.717) is 14.5 Å². The van der Waals surface area contributed by atoms with Crippen molar-refractivity contribution < 1.29 is 0 Å². The molecule has 2 aromatic heterocycles. The summed E-state index contributed by atoms with van der Waals surface area (Å²) in [6, 6.07) is 4.04. The molecule has 0 aromatic carbocycles. The molecule has 2 rings (SSSR count). The van der Waals surface area contributed by atoms with E-state index < -0.39 is 0 Å². The van der Waals surface area contributed by atoms with Crippen LogP contribution in [0.3, 0.4) is 0 Å². The first-order valence-corrected chi connectivity index (χ1v) is 4.59. The number of nitrogens with zero attached hydrogens (tertiary/aromatic N) is 3. The number of nitrogens with one attached hydrogen (secondary N) is 1. The molecule has 50 valence electrons. The fourth-order valence-corrected chi connectivity index (χ4v) is 2.04. The molecule has 4 nitrogen and oxygen atoms in total. The molecule has 10 heavy (non-hydrogen) atoms. The van der Waals surface area contributed by atoms with Crippen LogP contribution in [0.1, 0.15) is 0 Å². The van der Waals surface area contributed by atoms with Crippen molar-refractivity contribution in [1.29, 1.82) is 0 Å². The third-order valence-corrected chi connectivity index (χ3v) is 2.90. The van der Waals surface area contributed by atoms with Gasteiger partial charge in [0.15, 0.2) is 0 Å². The number of aromatic nitrogens is 4. The van der Waals surface area contributed by atoms with Crippen molar-refractivity contribution in [1.82, 2.24) is 20.6 Å². The van der Waals surface area contributed by atoms with E-state index >= 15 is 0 Å². The zero-order valence-corrected chi connectivity index (χ0v) is 6.70. The Labute approximate surface area is 63.0 Å². The number of tetrazole rings is 1. The summed E-state index contributed by atoms with van der Waals surface area (Å²) in [5, 5.41) is 13.6. The maximum absolute atomic E-state index is 3.86. The summed E-state index contributed by atoms with van der Waals surface area (Å²) >= 11 is 0.407. The fraction of sp³-hybridized carbons (Fsp3) is 0. The Morgan fingerprint density at radius 2 is 2.50 bits per heavy atom. The van der Waals surface area contributed by atoms with Gasteiger partial charge < -0.3 is 0 Å². The standard InChI is InChI=1S/C5H4N4Se/c1-2-4(10-3-1)5-6-8-9-7-5/h1-3H,(H,6,7,8,9). The minimum atomic E-state index is 0.407. The summed E-state index contributed by atoms with van der Waals surface area (Å²) < 4.78 is 1.18. The zero-order valence-electron chi connectivity index (χ0n) is 4.98. The predicted octanol–water partition coefficient (Wildman–Crippen LogP) is -0.0763. The molecule has 0 spiro atoms. The van der Waals surface area contributed by atoms with Gasteiger partial charge in [-0.3, -0.25) is 0 Å². The van der Waals surface area contributed by atoms with Gasteiger partial charge in [-0.15, -0.1) is 0 Å². The summed E-state index contributed by atoms with van der Waals surface area (Å²) in [5.41, 5.74) is 0.